The van der Waals surface area contributed by atoms with Crippen LogP contribution in [0.2, 0.25) is 0 Å². The van der Waals surface area contributed by atoms with Gasteiger partial charge in [0.05, 0.1) is 11.6 Å². The number of nitrogens with two attached hydrogens (primary N) is 1. The molecule has 0 bridgehead atoms. The fraction of sp³-hybridized carbons (Fsp3) is 0.467. The lowest BCUT2D eigenvalue weighted by atomic mass is 9.86. The van der Waals surface area contributed by atoms with Crippen molar-refractivity contribution in [2.75, 3.05) is 17.6 Å². The molecule has 5 heteroatoms. The molecule has 4 N–H and O–H groups in total. The average molecular weight is 272 g/mol. The first-order valence-electron chi connectivity index (χ1n) is 7.16. The van der Waals surface area contributed by atoms with Gasteiger partial charge in [-0.3, -0.25) is 0 Å². The molecule has 2 atom stereocenters. The van der Waals surface area contributed by atoms with E-state index in [0.717, 1.165) is 42.5 Å². The van der Waals surface area contributed by atoms with E-state index in [9.17, 15) is 5.11 Å². The number of aromatic nitrogens is 2. The summed E-state index contributed by atoms with van der Waals surface area (Å²) in [7, 11) is 0. The Morgan fingerprint density at radius 2 is 2.10 bits per heavy atom. The first-order valence-corrected chi connectivity index (χ1v) is 7.16. The summed E-state index contributed by atoms with van der Waals surface area (Å²) in [6, 6.07) is 5.62. The summed E-state index contributed by atoms with van der Waals surface area (Å²) in [5.41, 5.74) is 7.41. The lowest BCUT2D eigenvalue weighted by molar-refractivity contribution is 0.0763. The van der Waals surface area contributed by atoms with Crippen molar-refractivity contribution >= 4 is 22.4 Å². The zero-order chi connectivity index (χ0) is 13.9. The van der Waals surface area contributed by atoms with Crippen LogP contribution in [-0.4, -0.2) is 27.7 Å². The molecular formula is C15H20N4O. The van der Waals surface area contributed by atoms with Crippen molar-refractivity contribution in [2.45, 2.75) is 31.8 Å². The molecule has 0 spiro atoms. The minimum absolute atomic E-state index is 0.200. The van der Waals surface area contributed by atoms with Gasteiger partial charge in [0.1, 0.15) is 12.1 Å². The summed E-state index contributed by atoms with van der Waals surface area (Å²) in [6.45, 7) is 0.738. The number of nitrogens with zero attached hydrogens (tertiary/aromatic N) is 2. The number of fused-ring (bicyclic) bond motifs is 1. The van der Waals surface area contributed by atoms with E-state index in [1.807, 2.05) is 18.2 Å². The van der Waals surface area contributed by atoms with Gasteiger partial charge in [0.15, 0.2) is 0 Å². The van der Waals surface area contributed by atoms with Crippen LogP contribution in [0.3, 0.4) is 0 Å². The van der Waals surface area contributed by atoms with Gasteiger partial charge in [0, 0.05) is 23.5 Å². The monoisotopic (exact) mass is 272 g/mol. The number of anilines is 2. The number of aliphatic hydroxyl groups excluding tert-OH is 1. The molecule has 20 heavy (non-hydrogen) atoms. The van der Waals surface area contributed by atoms with Crippen molar-refractivity contribution in [3.05, 3.63) is 24.5 Å². The number of rotatable bonds is 3. The fourth-order valence-electron chi connectivity index (χ4n) is 2.87. The van der Waals surface area contributed by atoms with Crippen molar-refractivity contribution in [1.82, 2.24) is 9.97 Å². The van der Waals surface area contributed by atoms with Crippen LogP contribution in [0.15, 0.2) is 24.5 Å². The molecule has 1 aromatic carbocycles. The second-order valence-corrected chi connectivity index (χ2v) is 5.49. The molecule has 1 aliphatic rings. The SMILES string of the molecule is Nc1ccc2ncnc(NCC3CCCCC3O)c2c1. The number of benzene rings is 1. The van der Waals surface area contributed by atoms with Crippen molar-refractivity contribution in [3.8, 4) is 0 Å². The van der Waals surface area contributed by atoms with Crippen LogP contribution in [0.25, 0.3) is 10.9 Å². The van der Waals surface area contributed by atoms with Crippen LogP contribution in [0.4, 0.5) is 11.5 Å². The molecule has 1 fully saturated rings. The van der Waals surface area contributed by atoms with Crippen LogP contribution < -0.4 is 11.1 Å². The van der Waals surface area contributed by atoms with E-state index in [4.69, 9.17) is 5.73 Å². The van der Waals surface area contributed by atoms with Crippen molar-refractivity contribution < 1.29 is 5.11 Å². The van der Waals surface area contributed by atoms with E-state index in [2.05, 4.69) is 15.3 Å². The molecule has 1 saturated carbocycles. The molecule has 3 rings (SSSR count). The second kappa shape index (κ2) is 5.63. The molecule has 0 aliphatic heterocycles. The molecule has 0 radical (unpaired) electrons. The number of nitrogen functional groups attached to an aromatic ring is 1. The molecule has 1 aromatic heterocycles. The predicted molar refractivity (Wildman–Crippen MR) is 80.4 cm³/mol. The molecule has 2 unspecified atom stereocenters. The number of aliphatic hydroxyl groups is 1. The van der Waals surface area contributed by atoms with Gasteiger partial charge in [-0.2, -0.15) is 0 Å². The molecule has 1 heterocycles. The van der Waals surface area contributed by atoms with E-state index in [-0.39, 0.29) is 6.10 Å². The van der Waals surface area contributed by atoms with Crippen molar-refractivity contribution in [1.29, 1.82) is 0 Å². The van der Waals surface area contributed by atoms with Crippen molar-refractivity contribution in [3.63, 3.8) is 0 Å². The first kappa shape index (κ1) is 13.1. The summed E-state index contributed by atoms with van der Waals surface area (Å²) < 4.78 is 0. The number of nitrogens with one attached hydrogen (secondary N) is 1. The van der Waals surface area contributed by atoms with Crippen LogP contribution in [0.5, 0.6) is 0 Å². The highest BCUT2D eigenvalue weighted by molar-refractivity contribution is 5.91. The average Bonchev–Trinajstić information content (AvgIpc) is 2.46. The van der Waals surface area contributed by atoms with Gasteiger partial charge in [0.25, 0.3) is 0 Å². The highest BCUT2D eigenvalue weighted by atomic mass is 16.3. The largest absolute Gasteiger partial charge is 0.399 e. The van der Waals surface area contributed by atoms with Gasteiger partial charge in [0.2, 0.25) is 0 Å². The topological polar surface area (TPSA) is 84.1 Å². The standard InChI is InChI=1S/C15H20N4O/c16-11-5-6-13-12(7-11)15(19-9-18-13)17-8-10-3-1-2-4-14(10)20/h5-7,9-10,14,20H,1-4,8,16H2,(H,17,18,19). The Kier molecular flexibility index (Phi) is 3.69. The molecule has 5 nitrogen and oxygen atoms in total. The Hall–Kier alpha value is -1.88. The van der Waals surface area contributed by atoms with E-state index >= 15 is 0 Å². The first-order chi connectivity index (χ1) is 9.74. The highest BCUT2D eigenvalue weighted by Gasteiger charge is 2.22. The maximum absolute atomic E-state index is 10.0. The molecule has 0 saturated heterocycles. The van der Waals surface area contributed by atoms with Crippen molar-refractivity contribution in [2.24, 2.45) is 5.92 Å². The third kappa shape index (κ3) is 2.67. The zero-order valence-electron chi connectivity index (χ0n) is 11.4. The molecule has 106 valence electrons. The van der Waals surface area contributed by atoms with Crippen LogP contribution in [0, 0.1) is 5.92 Å². The lowest BCUT2D eigenvalue weighted by Crippen LogP contribution is -2.30. The lowest BCUT2D eigenvalue weighted by Gasteiger charge is -2.27. The Bertz CT molecular complexity index is 601. The van der Waals surface area contributed by atoms with Gasteiger partial charge < -0.3 is 16.2 Å². The Labute approximate surface area is 118 Å². The molecule has 2 aromatic rings. The zero-order valence-corrected chi connectivity index (χ0v) is 11.4. The van der Waals surface area contributed by atoms with E-state index in [1.54, 1.807) is 6.33 Å². The third-order valence-electron chi connectivity index (χ3n) is 4.06. The number of hydrogen-bond donors (Lipinski definition) is 3. The summed E-state index contributed by atoms with van der Waals surface area (Å²) in [5.74, 6) is 1.09. The van der Waals surface area contributed by atoms with Crippen LogP contribution in [-0.2, 0) is 0 Å². The smallest absolute Gasteiger partial charge is 0.137 e. The molecular weight excluding hydrogens is 252 g/mol. The van der Waals surface area contributed by atoms with Gasteiger partial charge in [-0.05, 0) is 31.0 Å². The Balaban J connectivity index is 1.78. The normalized spacial score (nSPS) is 22.9. The second-order valence-electron chi connectivity index (χ2n) is 5.49. The maximum Gasteiger partial charge on any atom is 0.137 e. The van der Waals surface area contributed by atoms with E-state index in [0.29, 0.717) is 11.6 Å². The summed E-state index contributed by atoms with van der Waals surface area (Å²) >= 11 is 0. The van der Waals surface area contributed by atoms with E-state index in [1.165, 1.54) is 6.42 Å². The van der Waals surface area contributed by atoms with Gasteiger partial charge in [-0.15, -0.1) is 0 Å². The number of hydrogen-bond acceptors (Lipinski definition) is 5. The Morgan fingerprint density at radius 1 is 1.25 bits per heavy atom. The highest BCUT2D eigenvalue weighted by Crippen LogP contribution is 2.26. The van der Waals surface area contributed by atoms with Gasteiger partial charge >= 0.3 is 0 Å². The van der Waals surface area contributed by atoms with Crippen LogP contribution in [0.1, 0.15) is 25.7 Å². The minimum atomic E-state index is -0.200. The third-order valence-corrected chi connectivity index (χ3v) is 4.06. The minimum Gasteiger partial charge on any atom is -0.399 e. The van der Waals surface area contributed by atoms with E-state index < -0.39 is 0 Å². The summed E-state index contributed by atoms with van der Waals surface area (Å²) in [4.78, 5) is 8.53. The maximum atomic E-state index is 10.0. The van der Waals surface area contributed by atoms with Crippen LogP contribution >= 0.6 is 0 Å². The summed E-state index contributed by atoms with van der Waals surface area (Å²) in [5, 5.41) is 14.3. The Morgan fingerprint density at radius 3 is 2.95 bits per heavy atom. The predicted octanol–water partition coefficient (Wildman–Crippen LogP) is 2.17. The molecule has 1 aliphatic carbocycles. The summed E-state index contributed by atoms with van der Waals surface area (Å²) in [6.07, 6.45) is 5.65. The fourth-order valence-corrected chi connectivity index (χ4v) is 2.87. The van der Waals surface area contributed by atoms with Gasteiger partial charge in [-0.25, -0.2) is 9.97 Å². The van der Waals surface area contributed by atoms with Gasteiger partial charge in [-0.1, -0.05) is 12.8 Å². The quantitative estimate of drug-likeness (QED) is 0.746. The molecule has 0 amide bonds.